The van der Waals surface area contributed by atoms with Gasteiger partial charge in [-0.3, -0.25) is 9.78 Å². The van der Waals surface area contributed by atoms with Crippen molar-refractivity contribution in [1.82, 2.24) is 4.98 Å². The van der Waals surface area contributed by atoms with Crippen LogP contribution >= 0.6 is 0 Å². The molecular formula is C16H18N2O2. The van der Waals surface area contributed by atoms with E-state index < -0.39 is 0 Å². The Morgan fingerprint density at radius 2 is 2.00 bits per heavy atom. The molecule has 0 radical (unpaired) electrons. The highest BCUT2D eigenvalue weighted by atomic mass is 16.5. The summed E-state index contributed by atoms with van der Waals surface area (Å²) in [5.74, 6) is 0.859. The number of carbonyl (C=O) groups excluding carboxylic acids is 1. The monoisotopic (exact) mass is 270 g/mol. The van der Waals surface area contributed by atoms with Gasteiger partial charge in [0.05, 0.1) is 13.7 Å². The first kappa shape index (κ1) is 14.1. The summed E-state index contributed by atoms with van der Waals surface area (Å²) in [5, 5.41) is 0. The number of benzene rings is 1. The largest absolute Gasteiger partial charge is 0.497 e. The SMILES string of the molecule is CCC(=O)N(Cc1cccnc1)c1ccc(OC)cc1. The molecule has 1 aromatic heterocycles. The summed E-state index contributed by atoms with van der Waals surface area (Å²) in [4.78, 5) is 18.0. The van der Waals surface area contributed by atoms with Crippen LogP contribution in [0.3, 0.4) is 0 Å². The second kappa shape index (κ2) is 6.70. The van der Waals surface area contributed by atoms with E-state index in [1.165, 1.54) is 0 Å². The molecule has 0 saturated carbocycles. The molecule has 0 aliphatic rings. The van der Waals surface area contributed by atoms with Crippen LogP contribution in [0, 0.1) is 0 Å². The normalized spacial score (nSPS) is 10.1. The summed E-state index contributed by atoms with van der Waals surface area (Å²) >= 11 is 0. The Morgan fingerprint density at radius 3 is 2.55 bits per heavy atom. The number of aromatic nitrogens is 1. The molecule has 0 atom stereocenters. The van der Waals surface area contributed by atoms with Crippen LogP contribution in [0.4, 0.5) is 5.69 Å². The molecule has 2 rings (SSSR count). The van der Waals surface area contributed by atoms with Crippen molar-refractivity contribution in [2.75, 3.05) is 12.0 Å². The fourth-order valence-electron chi connectivity index (χ4n) is 1.95. The van der Waals surface area contributed by atoms with E-state index in [2.05, 4.69) is 4.98 Å². The highest BCUT2D eigenvalue weighted by molar-refractivity contribution is 5.93. The van der Waals surface area contributed by atoms with Crippen molar-refractivity contribution in [2.45, 2.75) is 19.9 Å². The third-order valence-corrected chi connectivity index (χ3v) is 3.05. The topological polar surface area (TPSA) is 42.4 Å². The van der Waals surface area contributed by atoms with Gasteiger partial charge in [-0.25, -0.2) is 0 Å². The molecule has 1 amide bonds. The van der Waals surface area contributed by atoms with Gasteiger partial charge in [-0.15, -0.1) is 0 Å². The molecule has 0 aliphatic heterocycles. The zero-order chi connectivity index (χ0) is 14.4. The number of amides is 1. The summed E-state index contributed by atoms with van der Waals surface area (Å²) in [6.07, 6.45) is 3.97. The van der Waals surface area contributed by atoms with E-state index in [1.807, 2.05) is 43.3 Å². The Kier molecular flexibility index (Phi) is 4.71. The van der Waals surface area contributed by atoms with Crippen molar-refractivity contribution in [3.8, 4) is 5.75 Å². The summed E-state index contributed by atoms with van der Waals surface area (Å²) in [7, 11) is 1.62. The molecule has 0 saturated heterocycles. The van der Waals surface area contributed by atoms with Gasteiger partial charge in [0.1, 0.15) is 5.75 Å². The average molecular weight is 270 g/mol. The molecular weight excluding hydrogens is 252 g/mol. The smallest absolute Gasteiger partial charge is 0.227 e. The lowest BCUT2D eigenvalue weighted by Gasteiger charge is -2.22. The Labute approximate surface area is 119 Å². The Balaban J connectivity index is 2.25. The van der Waals surface area contributed by atoms with Crippen LogP contribution < -0.4 is 9.64 Å². The van der Waals surface area contributed by atoms with E-state index in [4.69, 9.17) is 4.74 Å². The minimum atomic E-state index is 0.0824. The minimum absolute atomic E-state index is 0.0824. The van der Waals surface area contributed by atoms with Gasteiger partial charge in [-0.1, -0.05) is 13.0 Å². The lowest BCUT2D eigenvalue weighted by molar-refractivity contribution is -0.118. The molecule has 0 unspecified atom stereocenters. The van der Waals surface area contributed by atoms with Gasteiger partial charge >= 0.3 is 0 Å². The number of nitrogens with zero attached hydrogens (tertiary/aromatic N) is 2. The molecule has 1 aromatic carbocycles. The number of ether oxygens (including phenoxy) is 1. The third-order valence-electron chi connectivity index (χ3n) is 3.05. The first-order valence-electron chi connectivity index (χ1n) is 6.58. The van der Waals surface area contributed by atoms with Crippen LogP contribution in [0.1, 0.15) is 18.9 Å². The summed E-state index contributed by atoms with van der Waals surface area (Å²) in [6.45, 7) is 2.38. The highest BCUT2D eigenvalue weighted by Gasteiger charge is 2.14. The number of methoxy groups -OCH3 is 1. The predicted octanol–water partition coefficient (Wildman–Crippen LogP) is 3.03. The molecule has 1 heterocycles. The van der Waals surface area contributed by atoms with E-state index in [1.54, 1.807) is 24.4 Å². The molecule has 20 heavy (non-hydrogen) atoms. The van der Waals surface area contributed by atoms with Gasteiger partial charge in [0.15, 0.2) is 0 Å². The van der Waals surface area contributed by atoms with E-state index >= 15 is 0 Å². The summed E-state index contributed by atoms with van der Waals surface area (Å²) < 4.78 is 5.14. The number of rotatable bonds is 5. The molecule has 4 nitrogen and oxygen atoms in total. The van der Waals surface area contributed by atoms with Crippen molar-refractivity contribution in [3.05, 3.63) is 54.4 Å². The number of hydrogen-bond donors (Lipinski definition) is 0. The average Bonchev–Trinajstić information content (AvgIpc) is 2.53. The fourth-order valence-corrected chi connectivity index (χ4v) is 1.95. The van der Waals surface area contributed by atoms with Crippen LogP contribution in [0.15, 0.2) is 48.8 Å². The lowest BCUT2D eigenvalue weighted by Crippen LogP contribution is -2.29. The van der Waals surface area contributed by atoms with Crippen molar-refractivity contribution in [3.63, 3.8) is 0 Å². The maximum absolute atomic E-state index is 12.1. The van der Waals surface area contributed by atoms with E-state index in [9.17, 15) is 4.79 Å². The van der Waals surface area contributed by atoms with Gasteiger partial charge < -0.3 is 9.64 Å². The van der Waals surface area contributed by atoms with Crippen molar-refractivity contribution in [2.24, 2.45) is 0 Å². The number of pyridine rings is 1. The molecule has 0 aliphatic carbocycles. The van der Waals surface area contributed by atoms with Crippen molar-refractivity contribution < 1.29 is 9.53 Å². The number of hydrogen-bond acceptors (Lipinski definition) is 3. The first-order chi connectivity index (χ1) is 9.74. The third kappa shape index (κ3) is 3.35. The lowest BCUT2D eigenvalue weighted by atomic mass is 10.2. The van der Waals surface area contributed by atoms with Crippen LogP contribution in [0.2, 0.25) is 0 Å². The van der Waals surface area contributed by atoms with Crippen molar-refractivity contribution in [1.29, 1.82) is 0 Å². The van der Waals surface area contributed by atoms with Gasteiger partial charge in [0.2, 0.25) is 5.91 Å². The minimum Gasteiger partial charge on any atom is -0.497 e. The van der Waals surface area contributed by atoms with E-state index in [0.29, 0.717) is 13.0 Å². The highest BCUT2D eigenvalue weighted by Crippen LogP contribution is 2.21. The fraction of sp³-hybridized carbons (Fsp3) is 0.250. The molecule has 104 valence electrons. The zero-order valence-corrected chi connectivity index (χ0v) is 11.7. The molecule has 2 aromatic rings. The summed E-state index contributed by atoms with van der Waals surface area (Å²) in [6, 6.07) is 11.3. The number of carbonyl (C=O) groups is 1. The second-order valence-electron chi connectivity index (χ2n) is 4.39. The van der Waals surface area contributed by atoms with Crippen LogP contribution in [0.25, 0.3) is 0 Å². The van der Waals surface area contributed by atoms with Gasteiger partial charge in [-0.2, -0.15) is 0 Å². The summed E-state index contributed by atoms with van der Waals surface area (Å²) in [5.41, 5.74) is 1.87. The molecule has 0 N–H and O–H groups in total. The molecule has 0 fully saturated rings. The van der Waals surface area contributed by atoms with Crippen LogP contribution in [-0.2, 0) is 11.3 Å². The quantitative estimate of drug-likeness (QED) is 0.838. The molecule has 0 spiro atoms. The first-order valence-corrected chi connectivity index (χ1v) is 6.58. The Morgan fingerprint density at radius 1 is 1.25 bits per heavy atom. The predicted molar refractivity (Wildman–Crippen MR) is 78.7 cm³/mol. The van der Waals surface area contributed by atoms with Gasteiger partial charge in [0.25, 0.3) is 0 Å². The Hall–Kier alpha value is -2.36. The molecule has 0 bridgehead atoms. The van der Waals surface area contributed by atoms with E-state index in [-0.39, 0.29) is 5.91 Å². The van der Waals surface area contributed by atoms with Gasteiger partial charge in [-0.05, 0) is 35.9 Å². The number of anilines is 1. The van der Waals surface area contributed by atoms with Crippen molar-refractivity contribution >= 4 is 11.6 Å². The van der Waals surface area contributed by atoms with E-state index in [0.717, 1.165) is 17.0 Å². The zero-order valence-electron chi connectivity index (χ0n) is 11.7. The van der Waals surface area contributed by atoms with Gasteiger partial charge in [0, 0.05) is 24.5 Å². The van der Waals surface area contributed by atoms with Crippen LogP contribution in [0.5, 0.6) is 5.75 Å². The maximum Gasteiger partial charge on any atom is 0.227 e. The standard InChI is InChI=1S/C16H18N2O2/c1-3-16(19)18(12-13-5-4-10-17-11-13)14-6-8-15(20-2)9-7-14/h4-11H,3,12H2,1-2H3. The second-order valence-corrected chi connectivity index (χ2v) is 4.39. The van der Waals surface area contributed by atoms with Crippen LogP contribution in [-0.4, -0.2) is 18.0 Å². The molecule has 4 heteroatoms. The Bertz CT molecular complexity index is 552. The maximum atomic E-state index is 12.1.